The van der Waals surface area contributed by atoms with E-state index in [9.17, 15) is 0 Å². The van der Waals surface area contributed by atoms with Crippen LogP contribution in [0.1, 0.15) is 19.3 Å². The van der Waals surface area contributed by atoms with Crippen LogP contribution in [0.4, 0.5) is 0 Å². The lowest BCUT2D eigenvalue weighted by atomic mass is 9.76. The lowest BCUT2D eigenvalue weighted by molar-refractivity contribution is -0.0150. The summed E-state index contributed by atoms with van der Waals surface area (Å²) in [5.41, 5.74) is 0.384. The van der Waals surface area contributed by atoms with Crippen molar-refractivity contribution in [2.24, 2.45) is 0 Å². The Morgan fingerprint density at radius 2 is 2.00 bits per heavy atom. The number of ether oxygens (including phenoxy) is 1. The van der Waals surface area contributed by atoms with E-state index in [2.05, 4.69) is 19.0 Å². The molecule has 2 heteroatoms. The van der Waals surface area contributed by atoms with E-state index in [1.807, 2.05) is 0 Å². The molecule has 2 nitrogen and oxygen atoms in total. The summed E-state index contributed by atoms with van der Waals surface area (Å²) in [6.45, 7) is 0.889. The fourth-order valence-corrected chi connectivity index (χ4v) is 1.57. The zero-order valence-electron chi connectivity index (χ0n) is 7.18. The predicted molar refractivity (Wildman–Crippen MR) is 42.1 cm³/mol. The van der Waals surface area contributed by atoms with E-state index in [0.717, 1.165) is 6.61 Å². The van der Waals surface area contributed by atoms with E-state index in [4.69, 9.17) is 4.74 Å². The SMILES string of the molecule is COCC1(N(C)C)CCC1. The topological polar surface area (TPSA) is 12.5 Å². The lowest BCUT2D eigenvalue weighted by Crippen LogP contribution is -2.53. The van der Waals surface area contributed by atoms with Crippen LogP contribution in [0.5, 0.6) is 0 Å². The molecule has 0 aromatic carbocycles. The second-order valence-corrected chi connectivity index (χ2v) is 3.41. The van der Waals surface area contributed by atoms with Gasteiger partial charge in [0.1, 0.15) is 0 Å². The number of nitrogens with zero attached hydrogens (tertiary/aromatic N) is 1. The third-order valence-electron chi connectivity index (χ3n) is 2.65. The largest absolute Gasteiger partial charge is 0.383 e. The smallest absolute Gasteiger partial charge is 0.0646 e. The number of rotatable bonds is 3. The third-order valence-corrected chi connectivity index (χ3v) is 2.65. The van der Waals surface area contributed by atoms with Crippen molar-refractivity contribution in [2.75, 3.05) is 27.8 Å². The standard InChI is InChI=1S/C8H17NO/c1-9(2)8(7-10-3)5-4-6-8/h4-7H2,1-3H3. The highest BCUT2D eigenvalue weighted by atomic mass is 16.5. The molecular formula is C8H17NO. The molecule has 0 N–H and O–H groups in total. The Morgan fingerprint density at radius 1 is 1.40 bits per heavy atom. The summed E-state index contributed by atoms with van der Waals surface area (Å²) < 4.78 is 5.17. The van der Waals surface area contributed by atoms with Gasteiger partial charge in [0.05, 0.1) is 6.61 Å². The van der Waals surface area contributed by atoms with Crippen molar-refractivity contribution in [1.82, 2.24) is 4.90 Å². The van der Waals surface area contributed by atoms with Crippen molar-refractivity contribution in [3.8, 4) is 0 Å². The molecule has 0 radical (unpaired) electrons. The third kappa shape index (κ3) is 1.18. The molecule has 0 bridgehead atoms. The van der Waals surface area contributed by atoms with Gasteiger partial charge in [0.25, 0.3) is 0 Å². The molecule has 0 spiro atoms. The summed E-state index contributed by atoms with van der Waals surface area (Å²) in [4.78, 5) is 2.29. The minimum atomic E-state index is 0.384. The fraction of sp³-hybridized carbons (Fsp3) is 1.00. The minimum absolute atomic E-state index is 0.384. The van der Waals surface area contributed by atoms with Crippen LogP contribution in [0.15, 0.2) is 0 Å². The van der Waals surface area contributed by atoms with Crippen LogP contribution in [0.2, 0.25) is 0 Å². The summed E-state index contributed by atoms with van der Waals surface area (Å²) in [6.07, 6.45) is 3.96. The molecule has 1 aliphatic rings. The maximum absolute atomic E-state index is 5.17. The lowest BCUT2D eigenvalue weighted by Gasteiger charge is -2.46. The first-order valence-electron chi connectivity index (χ1n) is 3.88. The van der Waals surface area contributed by atoms with Gasteiger partial charge >= 0.3 is 0 Å². The van der Waals surface area contributed by atoms with Crippen LogP contribution in [0.3, 0.4) is 0 Å². The Bertz CT molecular complexity index is 108. The fourth-order valence-electron chi connectivity index (χ4n) is 1.57. The van der Waals surface area contributed by atoms with E-state index in [-0.39, 0.29) is 0 Å². The van der Waals surface area contributed by atoms with Crippen molar-refractivity contribution in [1.29, 1.82) is 0 Å². The molecule has 0 heterocycles. The van der Waals surface area contributed by atoms with Gasteiger partial charge in [-0.25, -0.2) is 0 Å². The molecular weight excluding hydrogens is 126 g/mol. The first-order valence-corrected chi connectivity index (χ1v) is 3.88. The molecule has 1 aliphatic carbocycles. The van der Waals surface area contributed by atoms with Crippen LogP contribution >= 0.6 is 0 Å². The summed E-state index contributed by atoms with van der Waals surface area (Å²) in [7, 11) is 6.06. The van der Waals surface area contributed by atoms with Gasteiger partial charge in [-0.1, -0.05) is 0 Å². The summed E-state index contributed by atoms with van der Waals surface area (Å²) in [6, 6.07) is 0. The van der Waals surface area contributed by atoms with Crippen LogP contribution in [0, 0.1) is 0 Å². The number of likely N-dealkylation sites (N-methyl/N-ethyl adjacent to an activating group) is 1. The van der Waals surface area contributed by atoms with E-state index in [1.54, 1.807) is 7.11 Å². The van der Waals surface area contributed by atoms with Crippen LogP contribution < -0.4 is 0 Å². The molecule has 0 saturated heterocycles. The van der Waals surface area contributed by atoms with Crippen molar-refractivity contribution >= 4 is 0 Å². The average molecular weight is 143 g/mol. The average Bonchev–Trinajstić information content (AvgIpc) is 1.77. The molecule has 60 valence electrons. The first-order chi connectivity index (χ1) is 4.71. The second-order valence-electron chi connectivity index (χ2n) is 3.41. The van der Waals surface area contributed by atoms with Gasteiger partial charge in [-0.15, -0.1) is 0 Å². The van der Waals surface area contributed by atoms with Crippen molar-refractivity contribution in [3.05, 3.63) is 0 Å². The van der Waals surface area contributed by atoms with Crippen LogP contribution in [-0.4, -0.2) is 38.3 Å². The zero-order valence-corrected chi connectivity index (χ0v) is 7.18. The summed E-state index contributed by atoms with van der Waals surface area (Å²) in [5.74, 6) is 0. The predicted octanol–water partition coefficient (Wildman–Crippen LogP) is 1.12. The molecule has 0 aromatic rings. The van der Waals surface area contributed by atoms with E-state index < -0.39 is 0 Å². The monoisotopic (exact) mass is 143 g/mol. The quantitative estimate of drug-likeness (QED) is 0.587. The maximum atomic E-state index is 5.17. The van der Waals surface area contributed by atoms with E-state index in [0.29, 0.717) is 5.54 Å². The molecule has 0 amide bonds. The highest BCUT2D eigenvalue weighted by Crippen LogP contribution is 2.35. The van der Waals surface area contributed by atoms with Gasteiger partial charge < -0.3 is 9.64 Å². The van der Waals surface area contributed by atoms with Gasteiger partial charge in [-0.3, -0.25) is 0 Å². The van der Waals surface area contributed by atoms with Crippen molar-refractivity contribution in [3.63, 3.8) is 0 Å². The number of hydrogen-bond donors (Lipinski definition) is 0. The molecule has 1 rings (SSSR count). The van der Waals surface area contributed by atoms with Gasteiger partial charge in [0.15, 0.2) is 0 Å². The molecule has 0 atom stereocenters. The van der Waals surface area contributed by atoms with Crippen molar-refractivity contribution < 1.29 is 4.74 Å². The molecule has 0 aliphatic heterocycles. The second kappa shape index (κ2) is 2.89. The van der Waals surface area contributed by atoms with Crippen molar-refractivity contribution in [2.45, 2.75) is 24.8 Å². The highest BCUT2D eigenvalue weighted by Gasteiger charge is 2.38. The molecule has 0 aromatic heterocycles. The maximum Gasteiger partial charge on any atom is 0.0646 e. The highest BCUT2D eigenvalue weighted by molar-refractivity contribution is 4.95. The normalized spacial score (nSPS) is 22.8. The van der Waals surface area contributed by atoms with Gasteiger partial charge in [-0.2, -0.15) is 0 Å². The molecule has 1 saturated carbocycles. The Balaban J connectivity index is 2.42. The zero-order chi connectivity index (χ0) is 7.61. The molecule has 1 fully saturated rings. The first kappa shape index (κ1) is 8.02. The van der Waals surface area contributed by atoms with E-state index in [1.165, 1.54) is 19.3 Å². The van der Waals surface area contributed by atoms with Gasteiger partial charge in [0, 0.05) is 12.6 Å². The van der Waals surface area contributed by atoms with Crippen LogP contribution in [0.25, 0.3) is 0 Å². The van der Waals surface area contributed by atoms with Crippen LogP contribution in [-0.2, 0) is 4.74 Å². The van der Waals surface area contributed by atoms with Gasteiger partial charge in [-0.05, 0) is 33.4 Å². The Morgan fingerprint density at radius 3 is 2.10 bits per heavy atom. The Labute approximate surface area is 63.2 Å². The number of hydrogen-bond acceptors (Lipinski definition) is 2. The number of methoxy groups -OCH3 is 1. The Hall–Kier alpha value is -0.0800. The summed E-state index contributed by atoms with van der Waals surface area (Å²) in [5, 5.41) is 0. The minimum Gasteiger partial charge on any atom is -0.383 e. The van der Waals surface area contributed by atoms with Gasteiger partial charge in [0.2, 0.25) is 0 Å². The van der Waals surface area contributed by atoms with E-state index >= 15 is 0 Å². The molecule has 10 heavy (non-hydrogen) atoms. The summed E-state index contributed by atoms with van der Waals surface area (Å²) >= 11 is 0. The molecule has 0 unspecified atom stereocenters. The Kier molecular flexibility index (Phi) is 2.32.